The van der Waals surface area contributed by atoms with Gasteiger partial charge in [0.2, 0.25) is 5.69 Å². The molecule has 1 heterocycles. The lowest BCUT2D eigenvalue weighted by Crippen LogP contribution is -2.30. The third-order valence-corrected chi connectivity index (χ3v) is 7.01. The Kier molecular flexibility index (Phi) is 4.25. The first-order chi connectivity index (χ1) is 14.0. The van der Waals surface area contributed by atoms with Crippen LogP contribution in [0.25, 0.3) is 22.4 Å². The molecule has 2 saturated carbocycles. The molecule has 28 heavy (non-hydrogen) atoms. The monoisotopic (exact) mass is 369 g/mol. The zero-order chi connectivity index (χ0) is 20.0. The van der Waals surface area contributed by atoms with Gasteiger partial charge in [-0.25, -0.2) is 4.57 Å². The average Bonchev–Trinajstić information content (AvgIpc) is 3.28. The summed E-state index contributed by atoms with van der Waals surface area (Å²) in [5, 5.41) is 0. The number of hydrogen-bond acceptors (Lipinski definition) is 0. The number of hydrogen-bond donors (Lipinski definition) is 0. The van der Waals surface area contributed by atoms with Gasteiger partial charge < -0.3 is 0 Å². The van der Waals surface area contributed by atoms with E-state index in [4.69, 9.17) is 1.37 Å². The molecule has 142 valence electrons. The molecule has 1 unspecified atom stereocenters. The maximum absolute atomic E-state index is 9.07. The minimum atomic E-state index is -0.367. The lowest BCUT2D eigenvalue weighted by atomic mass is 9.93. The van der Waals surface area contributed by atoms with Crippen LogP contribution in [0.15, 0.2) is 66.9 Å². The summed E-state index contributed by atoms with van der Waals surface area (Å²) in [6.45, 7) is 2.16. The fourth-order valence-corrected chi connectivity index (χ4v) is 5.42. The fourth-order valence-electron chi connectivity index (χ4n) is 5.42. The fraction of sp³-hybridized carbons (Fsp3) is 0.370. The van der Waals surface area contributed by atoms with Crippen LogP contribution in [0.3, 0.4) is 0 Å². The number of rotatable bonds is 3. The van der Waals surface area contributed by atoms with Crippen LogP contribution in [0.5, 0.6) is 0 Å². The van der Waals surface area contributed by atoms with Gasteiger partial charge in [-0.15, -0.1) is 0 Å². The van der Waals surface area contributed by atoms with Crippen molar-refractivity contribution in [3.63, 3.8) is 0 Å². The van der Waals surface area contributed by atoms with Crippen molar-refractivity contribution in [3.8, 4) is 22.4 Å². The number of pyridine rings is 1. The van der Waals surface area contributed by atoms with Crippen LogP contribution in [0.4, 0.5) is 0 Å². The van der Waals surface area contributed by atoms with Gasteiger partial charge in [0.1, 0.15) is 7.05 Å². The SMILES string of the molecule is [2H]C1(c2ccc(-c3ccc(-c4ccccc4C)[n+](C)c3)cc2)C[C@H]2CCC[C@H]2C1. The molecule has 0 bridgehead atoms. The van der Waals surface area contributed by atoms with Gasteiger partial charge in [-0.05, 0) is 66.3 Å². The zero-order valence-corrected chi connectivity index (χ0v) is 17.0. The number of aromatic nitrogens is 1. The molecule has 2 aliphatic rings. The van der Waals surface area contributed by atoms with Crippen LogP contribution in [0.1, 0.15) is 50.5 Å². The highest BCUT2D eigenvalue weighted by molar-refractivity contribution is 5.66. The van der Waals surface area contributed by atoms with E-state index in [0.29, 0.717) is 0 Å². The average molecular weight is 370 g/mol. The van der Waals surface area contributed by atoms with Crippen molar-refractivity contribution in [3.05, 3.63) is 78.0 Å². The lowest BCUT2D eigenvalue weighted by molar-refractivity contribution is -0.659. The first-order valence-electron chi connectivity index (χ1n) is 11.2. The Morgan fingerprint density at radius 3 is 2.21 bits per heavy atom. The molecule has 1 nitrogen and oxygen atoms in total. The Morgan fingerprint density at radius 1 is 0.857 bits per heavy atom. The zero-order valence-electron chi connectivity index (χ0n) is 18.0. The van der Waals surface area contributed by atoms with Gasteiger partial charge in [0.25, 0.3) is 0 Å². The minimum Gasteiger partial charge on any atom is -0.200 e. The Bertz CT molecular complexity index is 1020. The van der Waals surface area contributed by atoms with Gasteiger partial charge in [0.05, 0.1) is 0 Å². The lowest BCUT2D eigenvalue weighted by Gasteiger charge is -2.12. The van der Waals surface area contributed by atoms with Crippen LogP contribution in [-0.4, -0.2) is 0 Å². The quantitative estimate of drug-likeness (QED) is 0.467. The second-order valence-corrected chi connectivity index (χ2v) is 8.77. The molecule has 5 rings (SSSR count). The van der Waals surface area contributed by atoms with E-state index >= 15 is 0 Å². The number of aryl methyl sites for hydroxylation is 2. The molecule has 3 aromatic rings. The summed E-state index contributed by atoms with van der Waals surface area (Å²) in [5.74, 6) is 1.22. The van der Waals surface area contributed by atoms with Gasteiger partial charge in [0, 0.05) is 18.6 Å². The highest BCUT2D eigenvalue weighted by Crippen LogP contribution is 2.50. The molecule has 0 spiro atoms. The van der Waals surface area contributed by atoms with E-state index in [0.717, 1.165) is 24.7 Å². The molecule has 0 amide bonds. The van der Waals surface area contributed by atoms with Gasteiger partial charge in [-0.1, -0.05) is 61.7 Å². The Balaban J connectivity index is 1.41. The number of nitrogens with zero attached hydrogens (tertiary/aromatic N) is 1. The minimum absolute atomic E-state index is 0.367. The molecule has 0 saturated heterocycles. The Labute approximate surface area is 170 Å². The standard InChI is InChI=1S/C27H30N/c1-19-6-3-4-9-26(19)27-15-14-24(18-28(27)2)20-10-12-21(13-11-20)25-16-22-7-5-8-23(22)17-25/h3-4,6,9-15,18,22-23,25H,5,7-8,16-17H2,1-2H3/q+1/t22-,23+,25?/i25D. The predicted molar refractivity (Wildman–Crippen MR) is 116 cm³/mol. The van der Waals surface area contributed by atoms with Crippen LogP contribution in [0, 0.1) is 18.8 Å². The molecule has 0 radical (unpaired) electrons. The van der Waals surface area contributed by atoms with E-state index in [9.17, 15) is 0 Å². The summed E-state index contributed by atoms with van der Waals surface area (Å²) in [6.07, 6.45) is 8.38. The molecule has 0 N–H and O–H groups in total. The van der Waals surface area contributed by atoms with Crippen molar-refractivity contribution < 1.29 is 5.94 Å². The smallest absolute Gasteiger partial charge is 0.200 e. The summed E-state index contributed by atoms with van der Waals surface area (Å²) in [5.41, 5.74) is 7.45. The summed E-state index contributed by atoms with van der Waals surface area (Å²) in [6, 6.07) is 21.8. The Morgan fingerprint density at radius 2 is 1.54 bits per heavy atom. The van der Waals surface area contributed by atoms with Crippen molar-refractivity contribution in [2.75, 3.05) is 0 Å². The number of benzene rings is 2. The predicted octanol–water partition coefficient (Wildman–Crippen LogP) is 6.45. The van der Waals surface area contributed by atoms with Crippen molar-refractivity contribution in [1.82, 2.24) is 0 Å². The molecule has 1 aromatic heterocycles. The highest BCUT2D eigenvalue weighted by Gasteiger charge is 2.37. The van der Waals surface area contributed by atoms with Crippen molar-refractivity contribution in [2.24, 2.45) is 18.9 Å². The topological polar surface area (TPSA) is 3.88 Å². The second-order valence-electron chi connectivity index (χ2n) is 8.77. The third kappa shape index (κ3) is 3.17. The van der Waals surface area contributed by atoms with E-state index in [2.05, 4.69) is 85.4 Å². The van der Waals surface area contributed by atoms with Crippen molar-refractivity contribution in [2.45, 2.75) is 44.9 Å². The molecule has 2 aliphatic carbocycles. The third-order valence-electron chi connectivity index (χ3n) is 7.01. The van der Waals surface area contributed by atoms with E-state index in [-0.39, 0.29) is 5.89 Å². The van der Waals surface area contributed by atoms with Gasteiger partial charge in [-0.3, -0.25) is 0 Å². The van der Waals surface area contributed by atoms with Gasteiger partial charge >= 0.3 is 0 Å². The van der Waals surface area contributed by atoms with E-state index in [1.54, 1.807) is 0 Å². The summed E-state index contributed by atoms with van der Waals surface area (Å²) < 4.78 is 11.3. The van der Waals surface area contributed by atoms with Crippen LogP contribution >= 0.6 is 0 Å². The number of fused-ring (bicyclic) bond motifs is 1. The van der Waals surface area contributed by atoms with E-state index < -0.39 is 0 Å². The normalized spacial score (nSPS) is 26.9. The van der Waals surface area contributed by atoms with E-state index in [1.165, 1.54) is 52.8 Å². The molecular weight excluding hydrogens is 338 g/mol. The summed E-state index contributed by atoms with van der Waals surface area (Å²) >= 11 is 0. The maximum atomic E-state index is 9.07. The molecule has 2 fully saturated rings. The molecular formula is C27H30N+. The second kappa shape index (κ2) is 7.20. The van der Waals surface area contributed by atoms with Crippen molar-refractivity contribution in [1.29, 1.82) is 0 Å². The van der Waals surface area contributed by atoms with E-state index in [1.807, 2.05) is 0 Å². The summed E-state index contributed by atoms with van der Waals surface area (Å²) in [7, 11) is 2.12. The first kappa shape index (κ1) is 16.5. The van der Waals surface area contributed by atoms with Crippen molar-refractivity contribution >= 4 is 0 Å². The van der Waals surface area contributed by atoms with Crippen LogP contribution in [0.2, 0.25) is 0 Å². The van der Waals surface area contributed by atoms with Crippen LogP contribution in [-0.2, 0) is 7.05 Å². The molecule has 1 heteroatoms. The molecule has 0 aliphatic heterocycles. The largest absolute Gasteiger partial charge is 0.212 e. The van der Waals surface area contributed by atoms with Gasteiger partial charge in [0.15, 0.2) is 6.20 Å². The molecule has 2 aromatic carbocycles. The molecule has 3 atom stereocenters. The first-order valence-corrected chi connectivity index (χ1v) is 10.7. The summed E-state index contributed by atoms with van der Waals surface area (Å²) in [4.78, 5) is 0. The van der Waals surface area contributed by atoms with Crippen LogP contribution < -0.4 is 4.57 Å². The maximum Gasteiger partial charge on any atom is 0.212 e. The highest BCUT2D eigenvalue weighted by atomic mass is 14.9. The Hall–Kier alpha value is -2.41. The van der Waals surface area contributed by atoms with Gasteiger partial charge in [-0.2, -0.15) is 0 Å².